The molecule has 3 heterocycles. The molecule has 3 fully saturated rings. The van der Waals surface area contributed by atoms with E-state index in [1.54, 1.807) is 4.90 Å². The number of nitrogens with zero attached hydrogens (tertiary/aromatic N) is 3. The number of rotatable bonds is 5. The van der Waals surface area contributed by atoms with E-state index in [-0.39, 0.29) is 18.0 Å². The van der Waals surface area contributed by atoms with Crippen LogP contribution in [0, 0.1) is 12.8 Å². The summed E-state index contributed by atoms with van der Waals surface area (Å²) in [6.45, 7) is 12.0. The average molecular weight is 413 g/mol. The van der Waals surface area contributed by atoms with E-state index in [1.165, 1.54) is 11.1 Å². The Morgan fingerprint density at radius 3 is 2.60 bits per heavy atom. The summed E-state index contributed by atoms with van der Waals surface area (Å²) in [4.78, 5) is 32.7. The van der Waals surface area contributed by atoms with Crippen LogP contribution in [-0.2, 0) is 11.3 Å². The Morgan fingerprint density at radius 1 is 1.13 bits per heavy atom. The fourth-order valence-corrected chi connectivity index (χ4v) is 5.40. The van der Waals surface area contributed by atoms with Gasteiger partial charge in [-0.1, -0.05) is 43.7 Å². The molecular weight excluding hydrogens is 376 g/mol. The first-order valence-electron chi connectivity index (χ1n) is 11.5. The number of hydrogen-bond donors (Lipinski definition) is 1. The van der Waals surface area contributed by atoms with E-state index >= 15 is 0 Å². The van der Waals surface area contributed by atoms with Crippen molar-refractivity contribution in [1.29, 1.82) is 0 Å². The van der Waals surface area contributed by atoms with Crippen LogP contribution in [0.1, 0.15) is 50.7 Å². The molecule has 3 saturated heterocycles. The minimum Gasteiger partial charge on any atom is -0.323 e. The first-order chi connectivity index (χ1) is 14.4. The monoisotopic (exact) mass is 412 g/mol. The fourth-order valence-electron chi connectivity index (χ4n) is 5.40. The van der Waals surface area contributed by atoms with Crippen LogP contribution < -0.4 is 5.32 Å². The van der Waals surface area contributed by atoms with Crippen LogP contribution in [0.25, 0.3) is 0 Å². The number of carbonyl (C=O) groups is 2. The quantitative estimate of drug-likeness (QED) is 0.756. The molecule has 6 nitrogen and oxygen atoms in total. The molecule has 1 aromatic rings. The second kappa shape index (κ2) is 8.67. The van der Waals surface area contributed by atoms with Gasteiger partial charge in [0.15, 0.2) is 0 Å². The highest BCUT2D eigenvalue weighted by atomic mass is 16.2. The first kappa shape index (κ1) is 21.3. The van der Waals surface area contributed by atoms with Gasteiger partial charge in [0.1, 0.15) is 5.54 Å². The molecule has 6 heteroatoms. The number of carbonyl (C=O) groups excluding carboxylic acids is 2. The maximum Gasteiger partial charge on any atom is 0.325 e. The number of aryl methyl sites for hydroxylation is 1. The number of urea groups is 1. The van der Waals surface area contributed by atoms with Crippen molar-refractivity contribution >= 4 is 11.9 Å². The van der Waals surface area contributed by atoms with Crippen LogP contribution in [0.4, 0.5) is 4.79 Å². The maximum absolute atomic E-state index is 13.4. The van der Waals surface area contributed by atoms with E-state index in [4.69, 9.17) is 0 Å². The predicted molar refractivity (Wildman–Crippen MR) is 118 cm³/mol. The molecule has 0 aromatic heterocycles. The van der Waals surface area contributed by atoms with Gasteiger partial charge in [0.05, 0.1) is 6.04 Å². The van der Waals surface area contributed by atoms with Gasteiger partial charge in [-0.25, -0.2) is 4.79 Å². The maximum atomic E-state index is 13.4. The molecular formula is C24H36N4O2. The SMILES string of the molecule is Cc1cccc(CN2CCCC(N3C(=O)NC4(CCN(CC(C)C)CC4)C3=O)C2)c1. The van der Waals surface area contributed by atoms with Crippen molar-refractivity contribution in [3.63, 3.8) is 0 Å². The molecule has 1 aromatic carbocycles. The highest BCUT2D eigenvalue weighted by molar-refractivity contribution is 6.07. The first-order valence-corrected chi connectivity index (χ1v) is 11.5. The molecule has 30 heavy (non-hydrogen) atoms. The van der Waals surface area contributed by atoms with Crippen LogP contribution in [0.3, 0.4) is 0 Å². The van der Waals surface area contributed by atoms with Crippen molar-refractivity contribution in [1.82, 2.24) is 20.0 Å². The molecule has 1 spiro atoms. The number of amides is 3. The number of hydrogen-bond acceptors (Lipinski definition) is 4. The highest BCUT2D eigenvalue weighted by Crippen LogP contribution is 2.32. The van der Waals surface area contributed by atoms with Gasteiger partial charge in [0.2, 0.25) is 0 Å². The molecule has 3 aliphatic rings. The second-order valence-corrected chi connectivity index (χ2v) is 9.90. The molecule has 3 aliphatic heterocycles. The number of nitrogens with one attached hydrogen (secondary N) is 1. The molecule has 0 bridgehead atoms. The van der Waals surface area contributed by atoms with Crippen molar-refractivity contribution in [2.75, 3.05) is 32.7 Å². The third kappa shape index (κ3) is 4.40. The topological polar surface area (TPSA) is 55.9 Å². The van der Waals surface area contributed by atoms with Gasteiger partial charge in [0, 0.05) is 32.7 Å². The standard InChI is InChI=1S/C24H36N4O2/c1-18(2)15-26-12-9-24(10-13-26)22(29)28(23(30)25-24)21-8-5-11-27(17-21)16-20-7-4-6-19(3)14-20/h4,6-7,14,18,21H,5,8-13,15-17H2,1-3H3,(H,25,30). The third-order valence-electron chi connectivity index (χ3n) is 6.86. The van der Waals surface area contributed by atoms with Gasteiger partial charge in [-0.2, -0.15) is 0 Å². The van der Waals surface area contributed by atoms with E-state index in [2.05, 4.69) is 60.2 Å². The van der Waals surface area contributed by atoms with Gasteiger partial charge in [-0.05, 0) is 50.6 Å². The van der Waals surface area contributed by atoms with Gasteiger partial charge < -0.3 is 10.2 Å². The van der Waals surface area contributed by atoms with Crippen LogP contribution in [0.15, 0.2) is 24.3 Å². The normalized spacial score (nSPS) is 25.3. The zero-order valence-corrected chi connectivity index (χ0v) is 18.7. The zero-order valence-electron chi connectivity index (χ0n) is 18.7. The van der Waals surface area contributed by atoms with Crippen LogP contribution in [-0.4, -0.2) is 70.9 Å². The second-order valence-electron chi connectivity index (χ2n) is 9.90. The van der Waals surface area contributed by atoms with E-state index in [9.17, 15) is 9.59 Å². The van der Waals surface area contributed by atoms with E-state index in [0.717, 1.165) is 65.0 Å². The third-order valence-corrected chi connectivity index (χ3v) is 6.86. The predicted octanol–water partition coefficient (Wildman–Crippen LogP) is 3.00. The van der Waals surface area contributed by atoms with Crippen LogP contribution >= 0.6 is 0 Å². The number of piperidine rings is 2. The molecule has 1 N–H and O–H groups in total. The molecule has 1 atom stereocenters. The van der Waals surface area contributed by atoms with E-state index in [1.807, 2.05) is 0 Å². The number of benzene rings is 1. The molecule has 164 valence electrons. The van der Waals surface area contributed by atoms with Gasteiger partial charge in [-0.15, -0.1) is 0 Å². The van der Waals surface area contributed by atoms with Gasteiger partial charge >= 0.3 is 6.03 Å². The lowest BCUT2D eigenvalue weighted by Crippen LogP contribution is -2.56. The van der Waals surface area contributed by atoms with Crippen molar-refractivity contribution in [3.05, 3.63) is 35.4 Å². The summed E-state index contributed by atoms with van der Waals surface area (Å²) in [6.07, 6.45) is 3.36. The smallest absolute Gasteiger partial charge is 0.323 e. The minimum absolute atomic E-state index is 0.0131. The highest BCUT2D eigenvalue weighted by Gasteiger charge is 2.54. The summed E-state index contributed by atoms with van der Waals surface area (Å²) in [5.74, 6) is 0.630. The van der Waals surface area contributed by atoms with E-state index in [0.29, 0.717) is 5.92 Å². The largest absolute Gasteiger partial charge is 0.325 e. The van der Waals surface area contributed by atoms with Crippen molar-refractivity contribution in [2.45, 2.75) is 64.6 Å². The Morgan fingerprint density at radius 2 is 1.90 bits per heavy atom. The zero-order chi connectivity index (χ0) is 21.3. The summed E-state index contributed by atoms with van der Waals surface area (Å²) < 4.78 is 0. The molecule has 1 unspecified atom stereocenters. The Bertz CT molecular complexity index is 785. The lowest BCUT2D eigenvalue weighted by atomic mass is 9.86. The molecule has 0 saturated carbocycles. The van der Waals surface area contributed by atoms with E-state index < -0.39 is 5.54 Å². The van der Waals surface area contributed by atoms with Crippen molar-refractivity contribution in [3.8, 4) is 0 Å². The number of imide groups is 1. The summed E-state index contributed by atoms with van der Waals surface area (Å²) in [5, 5.41) is 3.10. The fraction of sp³-hybridized carbons (Fsp3) is 0.667. The van der Waals surface area contributed by atoms with Crippen LogP contribution in [0.2, 0.25) is 0 Å². The van der Waals surface area contributed by atoms with Gasteiger partial charge in [-0.3, -0.25) is 14.6 Å². The Labute approximate surface area is 180 Å². The lowest BCUT2D eigenvalue weighted by Gasteiger charge is -2.39. The Balaban J connectivity index is 1.40. The summed E-state index contributed by atoms with van der Waals surface area (Å²) in [5.41, 5.74) is 1.88. The minimum atomic E-state index is -0.677. The Kier molecular flexibility index (Phi) is 6.16. The number of likely N-dealkylation sites (tertiary alicyclic amines) is 2. The summed E-state index contributed by atoms with van der Waals surface area (Å²) in [6, 6.07) is 8.38. The Hall–Kier alpha value is -1.92. The summed E-state index contributed by atoms with van der Waals surface area (Å²) >= 11 is 0. The molecule has 4 rings (SSSR count). The van der Waals surface area contributed by atoms with Gasteiger partial charge in [0.25, 0.3) is 5.91 Å². The lowest BCUT2D eigenvalue weighted by molar-refractivity contribution is -0.135. The summed E-state index contributed by atoms with van der Waals surface area (Å²) in [7, 11) is 0. The average Bonchev–Trinajstić information content (AvgIpc) is 2.93. The van der Waals surface area contributed by atoms with Crippen molar-refractivity contribution in [2.24, 2.45) is 5.92 Å². The molecule has 0 aliphatic carbocycles. The molecule has 3 amide bonds. The molecule has 0 radical (unpaired) electrons. The van der Waals surface area contributed by atoms with Crippen molar-refractivity contribution < 1.29 is 9.59 Å². The van der Waals surface area contributed by atoms with Crippen LogP contribution in [0.5, 0.6) is 0 Å².